The summed E-state index contributed by atoms with van der Waals surface area (Å²) in [4.78, 5) is 30.2. The van der Waals surface area contributed by atoms with Gasteiger partial charge in [-0.25, -0.2) is 8.42 Å². The van der Waals surface area contributed by atoms with Crippen molar-refractivity contribution >= 4 is 50.7 Å². The molecule has 0 unspecified atom stereocenters. The van der Waals surface area contributed by atoms with E-state index < -0.39 is 40.0 Å². The highest BCUT2D eigenvalue weighted by Gasteiger charge is 2.36. The van der Waals surface area contributed by atoms with Crippen LogP contribution in [0.3, 0.4) is 0 Å². The Balaban J connectivity index is 1.59. The zero-order valence-corrected chi connectivity index (χ0v) is 30.8. The molecule has 0 aromatic heterocycles. The van der Waals surface area contributed by atoms with E-state index in [1.807, 2.05) is 69.3 Å². The van der Waals surface area contributed by atoms with Crippen molar-refractivity contribution in [1.82, 2.24) is 10.2 Å². The molecule has 0 fully saturated rings. The molecule has 0 aliphatic rings. The lowest BCUT2D eigenvalue weighted by atomic mass is 10.0. The van der Waals surface area contributed by atoms with E-state index in [2.05, 4.69) is 5.32 Å². The molecule has 2 amide bonds. The number of amides is 2. The van der Waals surface area contributed by atoms with Gasteiger partial charge in [-0.1, -0.05) is 96.0 Å². The highest BCUT2D eigenvalue weighted by molar-refractivity contribution is 7.92. The monoisotopic (exact) mass is 743 g/mol. The van der Waals surface area contributed by atoms with E-state index in [0.29, 0.717) is 27.1 Å². The van der Waals surface area contributed by atoms with Gasteiger partial charge in [-0.05, 0) is 87.0 Å². The maximum Gasteiger partial charge on any atom is 0.264 e. The second kappa shape index (κ2) is 16.5. The number of carbonyl (C=O) groups excluding carboxylic acids is 2. The Morgan fingerprint density at radius 3 is 1.82 bits per heavy atom. The third kappa shape index (κ3) is 9.91. The largest absolute Gasteiger partial charge is 0.457 e. The van der Waals surface area contributed by atoms with Crippen LogP contribution in [-0.4, -0.2) is 43.3 Å². The molecule has 0 saturated heterocycles. The van der Waals surface area contributed by atoms with Crippen LogP contribution >= 0.6 is 23.2 Å². The average Bonchev–Trinajstić information content (AvgIpc) is 3.10. The van der Waals surface area contributed by atoms with Gasteiger partial charge < -0.3 is 15.0 Å². The predicted molar refractivity (Wildman–Crippen MR) is 203 cm³/mol. The van der Waals surface area contributed by atoms with Gasteiger partial charge in [0, 0.05) is 34.1 Å². The molecule has 1 atom stereocenters. The summed E-state index contributed by atoms with van der Waals surface area (Å²) in [7, 11) is -4.28. The van der Waals surface area contributed by atoms with Crippen LogP contribution in [0.5, 0.6) is 11.5 Å². The first-order valence-electron chi connectivity index (χ1n) is 16.3. The van der Waals surface area contributed by atoms with Crippen molar-refractivity contribution in [2.75, 3.05) is 10.8 Å². The molecule has 5 aromatic rings. The first-order chi connectivity index (χ1) is 24.3. The van der Waals surface area contributed by atoms with Crippen molar-refractivity contribution in [3.8, 4) is 11.5 Å². The highest BCUT2D eigenvalue weighted by atomic mass is 35.5. The quantitative estimate of drug-likeness (QED) is 0.130. The van der Waals surface area contributed by atoms with E-state index >= 15 is 0 Å². The number of anilines is 1. The zero-order valence-electron chi connectivity index (χ0n) is 28.5. The van der Waals surface area contributed by atoms with Gasteiger partial charge in [0.2, 0.25) is 11.8 Å². The molecule has 0 saturated carbocycles. The van der Waals surface area contributed by atoms with Crippen LogP contribution in [0, 0.1) is 0 Å². The van der Waals surface area contributed by atoms with Gasteiger partial charge in [-0.2, -0.15) is 0 Å². The summed E-state index contributed by atoms with van der Waals surface area (Å²) in [5.41, 5.74) is 0.824. The Morgan fingerprint density at radius 1 is 0.725 bits per heavy atom. The molecule has 5 aromatic carbocycles. The van der Waals surface area contributed by atoms with Crippen molar-refractivity contribution < 1.29 is 22.7 Å². The first-order valence-corrected chi connectivity index (χ1v) is 18.5. The lowest BCUT2D eigenvalue weighted by Gasteiger charge is -2.35. The Labute approximate surface area is 309 Å². The van der Waals surface area contributed by atoms with Crippen molar-refractivity contribution in [2.24, 2.45) is 0 Å². The fourth-order valence-electron chi connectivity index (χ4n) is 5.41. The number of halogens is 2. The number of nitrogens with one attached hydrogen (secondary N) is 1. The fraction of sp³-hybridized carbons (Fsp3) is 0.200. The van der Waals surface area contributed by atoms with Crippen LogP contribution in [0.4, 0.5) is 5.69 Å². The van der Waals surface area contributed by atoms with E-state index in [-0.39, 0.29) is 23.5 Å². The zero-order chi connectivity index (χ0) is 36.6. The Kier molecular flexibility index (Phi) is 12.1. The van der Waals surface area contributed by atoms with Crippen LogP contribution in [0.2, 0.25) is 10.0 Å². The molecule has 0 heterocycles. The van der Waals surface area contributed by atoms with Gasteiger partial charge in [0.15, 0.2) is 0 Å². The van der Waals surface area contributed by atoms with Crippen LogP contribution in [0.1, 0.15) is 31.9 Å². The van der Waals surface area contributed by atoms with Crippen LogP contribution in [0.25, 0.3) is 0 Å². The number of nitrogens with zero attached hydrogens (tertiary/aromatic N) is 2. The minimum atomic E-state index is -4.28. The molecule has 264 valence electrons. The molecule has 8 nitrogen and oxygen atoms in total. The molecular weight excluding hydrogens is 705 g/mol. The number of para-hydroxylation sites is 1. The van der Waals surface area contributed by atoms with Gasteiger partial charge >= 0.3 is 0 Å². The van der Waals surface area contributed by atoms with Crippen LogP contribution < -0.4 is 14.4 Å². The summed E-state index contributed by atoms with van der Waals surface area (Å²) in [6, 6.07) is 36.7. The van der Waals surface area contributed by atoms with Crippen molar-refractivity contribution in [2.45, 2.75) is 50.2 Å². The summed E-state index contributed by atoms with van der Waals surface area (Å²) in [5.74, 6) is 0.0361. The van der Waals surface area contributed by atoms with E-state index in [9.17, 15) is 18.0 Å². The molecule has 0 radical (unpaired) electrons. The summed E-state index contributed by atoms with van der Waals surface area (Å²) in [6.07, 6.45) is 0.146. The molecule has 5 rings (SSSR count). The smallest absolute Gasteiger partial charge is 0.264 e. The molecular formula is C40H39Cl2N3O5S. The second-order valence-corrected chi connectivity index (χ2v) is 15.6. The Hall–Kier alpha value is -4.83. The van der Waals surface area contributed by atoms with Gasteiger partial charge in [-0.15, -0.1) is 0 Å². The summed E-state index contributed by atoms with van der Waals surface area (Å²) < 4.78 is 35.6. The molecule has 51 heavy (non-hydrogen) atoms. The minimum Gasteiger partial charge on any atom is -0.457 e. The highest BCUT2D eigenvalue weighted by Crippen LogP contribution is 2.31. The lowest BCUT2D eigenvalue weighted by molar-refractivity contribution is -0.140. The first kappa shape index (κ1) is 37.4. The van der Waals surface area contributed by atoms with Crippen LogP contribution in [-0.2, 0) is 32.6 Å². The number of rotatable bonds is 13. The topological polar surface area (TPSA) is 96.0 Å². The van der Waals surface area contributed by atoms with E-state index in [4.69, 9.17) is 27.9 Å². The Morgan fingerprint density at radius 2 is 1.25 bits per heavy atom. The van der Waals surface area contributed by atoms with Gasteiger partial charge in [0.25, 0.3) is 10.0 Å². The van der Waals surface area contributed by atoms with Gasteiger partial charge in [0.1, 0.15) is 24.1 Å². The maximum absolute atomic E-state index is 14.8. The van der Waals surface area contributed by atoms with Gasteiger partial charge in [0.05, 0.1) is 10.6 Å². The Bertz CT molecular complexity index is 2020. The van der Waals surface area contributed by atoms with Crippen molar-refractivity contribution in [3.05, 3.63) is 155 Å². The van der Waals surface area contributed by atoms with Crippen LogP contribution in [0.15, 0.2) is 138 Å². The number of benzene rings is 5. The number of ether oxygens (including phenoxy) is 1. The normalized spacial score (nSPS) is 12.1. The number of carbonyl (C=O) groups is 2. The fourth-order valence-corrected chi connectivity index (χ4v) is 7.37. The van der Waals surface area contributed by atoms with Crippen molar-refractivity contribution in [1.29, 1.82) is 0 Å². The van der Waals surface area contributed by atoms with Gasteiger partial charge in [-0.3, -0.25) is 13.9 Å². The summed E-state index contributed by atoms with van der Waals surface area (Å²) in [5, 5.41) is 3.62. The van der Waals surface area contributed by atoms with Crippen molar-refractivity contribution in [3.63, 3.8) is 0 Å². The molecule has 0 aliphatic heterocycles. The molecule has 0 bridgehead atoms. The molecule has 11 heteroatoms. The number of hydrogen-bond donors (Lipinski definition) is 1. The standard InChI is InChI=1S/C40H39Cl2N3O5S/c1-40(2,3)43-39(47)37(26-29-14-7-4-8-15-29)44(27-34-35(41)20-13-21-36(34)42)38(46)28-45(51(48,49)33-18-11-6-12-19-33)30-22-24-32(25-23-30)50-31-16-9-5-10-17-31/h4-25,37H,26-28H2,1-3H3,(H,43,47)/t37-/m1/s1. The maximum atomic E-state index is 14.8. The third-order valence-corrected chi connectivity index (χ3v) is 10.4. The summed E-state index contributed by atoms with van der Waals surface area (Å²) in [6.45, 7) is 4.75. The van der Waals surface area contributed by atoms with E-state index in [0.717, 1.165) is 9.87 Å². The molecule has 0 aliphatic carbocycles. The third-order valence-electron chi connectivity index (χ3n) is 7.87. The SMILES string of the molecule is CC(C)(C)NC(=O)[C@@H](Cc1ccccc1)N(Cc1c(Cl)cccc1Cl)C(=O)CN(c1ccc(Oc2ccccc2)cc1)S(=O)(=O)c1ccccc1. The molecule has 1 N–H and O–H groups in total. The molecule has 0 spiro atoms. The number of hydrogen-bond acceptors (Lipinski definition) is 5. The van der Waals surface area contributed by atoms with E-state index in [1.54, 1.807) is 72.8 Å². The minimum absolute atomic E-state index is 0.00517. The second-order valence-electron chi connectivity index (χ2n) is 12.9. The average molecular weight is 745 g/mol. The lowest BCUT2D eigenvalue weighted by Crippen LogP contribution is -2.56. The number of sulfonamides is 1. The van der Waals surface area contributed by atoms with E-state index in [1.165, 1.54) is 17.0 Å². The summed E-state index contributed by atoms with van der Waals surface area (Å²) >= 11 is 13.2. The predicted octanol–water partition coefficient (Wildman–Crippen LogP) is 8.54.